The molecule has 1 fully saturated rings. The second kappa shape index (κ2) is 5.65. The van der Waals surface area contributed by atoms with Crippen molar-refractivity contribution >= 4 is 22.8 Å². The first-order valence-corrected chi connectivity index (χ1v) is 7.15. The zero-order valence-electron chi connectivity index (χ0n) is 12.3. The van der Waals surface area contributed by atoms with Crippen LogP contribution in [0, 0.1) is 13.8 Å². The van der Waals surface area contributed by atoms with Gasteiger partial charge in [-0.2, -0.15) is 0 Å². The zero-order chi connectivity index (χ0) is 14.8. The maximum atomic E-state index is 12.2. The number of aryl methyl sites for hydroxylation is 2. The monoisotopic (exact) mass is 285 g/mol. The number of carbonyl (C=O) groups is 1. The number of hydrogen-bond acceptors (Lipinski definition) is 4. The van der Waals surface area contributed by atoms with Gasteiger partial charge in [0.05, 0.1) is 22.4 Å². The molecule has 21 heavy (non-hydrogen) atoms. The maximum Gasteiger partial charge on any atom is 0.321 e. The van der Waals surface area contributed by atoms with Crippen LogP contribution in [0.3, 0.4) is 0 Å². The molecule has 2 heterocycles. The Morgan fingerprint density at radius 2 is 1.81 bits per heavy atom. The van der Waals surface area contributed by atoms with E-state index in [-0.39, 0.29) is 6.03 Å². The number of rotatable bonds is 1. The van der Waals surface area contributed by atoms with Gasteiger partial charge in [0.2, 0.25) is 0 Å². The number of nitrogens with zero attached hydrogens (tertiary/aromatic N) is 3. The Morgan fingerprint density at radius 1 is 1.14 bits per heavy atom. The molecule has 0 saturated carbocycles. The third kappa shape index (κ3) is 2.95. The summed E-state index contributed by atoms with van der Waals surface area (Å²) in [6.45, 7) is 7.04. The van der Waals surface area contributed by atoms with E-state index in [9.17, 15) is 4.79 Å². The van der Waals surface area contributed by atoms with Crippen LogP contribution in [0.25, 0.3) is 11.0 Å². The number of urea groups is 1. The van der Waals surface area contributed by atoms with Crippen molar-refractivity contribution in [1.29, 1.82) is 0 Å². The number of aromatic nitrogens is 2. The number of nitrogens with one attached hydrogen (secondary N) is 2. The highest BCUT2D eigenvalue weighted by Crippen LogP contribution is 2.18. The van der Waals surface area contributed by atoms with Crippen LogP contribution in [-0.4, -0.2) is 47.1 Å². The molecular formula is C15H19N5O. The lowest BCUT2D eigenvalue weighted by Gasteiger charge is -2.27. The molecular weight excluding hydrogens is 266 g/mol. The quantitative estimate of drug-likeness (QED) is 0.836. The lowest BCUT2D eigenvalue weighted by molar-refractivity contribution is 0.204. The fourth-order valence-electron chi connectivity index (χ4n) is 2.38. The smallest absolute Gasteiger partial charge is 0.321 e. The first-order chi connectivity index (χ1) is 10.1. The van der Waals surface area contributed by atoms with Crippen LogP contribution in [-0.2, 0) is 0 Å². The summed E-state index contributed by atoms with van der Waals surface area (Å²) in [6, 6.07) is 5.57. The molecule has 0 unspecified atom stereocenters. The highest BCUT2D eigenvalue weighted by atomic mass is 16.2. The second-order valence-corrected chi connectivity index (χ2v) is 5.27. The van der Waals surface area contributed by atoms with Crippen molar-refractivity contribution in [3.8, 4) is 0 Å². The van der Waals surface area contributed by atoms with E-state index < -0.39 is 0 Å². The molecule has 6 nitrogen and oxygen atoms in total. The summed E-state index contributed by atoms with van der Waals surface area (Å²) < 4.78 is 0. The maximum absolute atomic E-state index is 12.2. The summed E-state index contributed by atoms with van der Waals surface area (Å²) in [4.78, 5) is 23.0. The first kappa shape index (κ1) is 13.8. The molecule has 6 heteroatoms. The number of piperazine rings is 1. The van der Waals surface area contributed by atoms with Gasteiger partial charge in [-0.15, -0.1) is 0 Å². The third-order valence-corrected chi connectivity index (χ3v) is 3.73. The molecule has 1 saturated heterocycles. The number of carbonyl (C=O) groups excluding carboxylic acids is 1. The Morgan fingerprint density at radius 3 is 2.52 bits per heavy atom. The van der Waals surface area contributed by atoms with Crippen LogP contribution < -0.4 is 10.6 Å². The molecule has 0 bridgehead atoms. The molecule has 110 valence electrons. The first-order valence-electron chi connectivity index (χ1n) is 7.15. The van der Waals surface area contributed by atoms with E-state index in [0.29, 0.717) is 0 Å². The summed E-state index contributed by atoms with van der Waals surface area (Å²) in [5.74, 6) is 0. The number of amides is 2. The van der Waals surface area contributed by atoms with Gasteiger partial charge in [-0.05, 0) is 32.0 Å². The normalized spacial score (nSPS) is 15.2. The van der Waals surface area contributed by atoms with Gasteiger partial charge in [-0.25, -0.2) is 14.8 Å². The minimum Gasteiger partial charge on any atom is -0.322 e. The van der Waals surface area contributed by atoms with E-state index in [1.165, 1.54) is 0 Å². The highest BCUT2D eigenvalue weighted by Gasteiger charge is 2.16. The van der Waals surface area contributed by atoms with Gasteiger partial charge >= 0.3 is 6.03 Å². The van der Waals surface area contributed by atoms with Crippen LogP contribution in [0.15, 0.2) is 18.2 Å². The van der Waals surface area contributed by atoms with Crippen molar-refractivity contribution in [2.45, 2.75) is 13.8 Å². The summed E-state index contributed by atoms with van der Waals surface area (Å²) in [7, 11) is 0. The summed E-state index contributed by atoms with van der Waals surface area (Å²) in [5, 5.41) is 6.16. The van der Waals surface area contributed by atoms with Gasteiger partial charge < -0.3 is 15.5 Å². The minimum absolute atomic E-state index is 0.0624. The van der Waals surface area contributed by atoms with Crippen molar-refractivity contribution in [3.05, 3.63) is 29.6 Å². The van der Waals surface area contributed by atoms with E-state index >= 15 is 0 Å². The molecule has 1 aromatic heterocycles. The molecule has 2 N–H and O–H groups in total. The Bertz CT molecular complexity index is 679. The van der Waals surface area contributed by atoms with E-state index in [0.717, 1.165) is 54.3 Å². The van der Waals surface area contributed by atoms with Crippen molar-refractivity contribution in [3.63, 3.8) is 0 Å². The number of anilines is 1. The molecule has 0 radical (unpaired) electrons. The zero-order valence-corrected chi connectivity index (χ0v) is 12.3. The predicted molar refractivity (Wildman–Crippen MR) is 82.5 cm³/mol. The minimum atomic E-state index is -0.0624. The lowest BCUT2D eigenvalue weighted by atomic mass is 10.2. The molecule has 1 aliphatic heterocycles. The summed E-state index contributed by atoms with van der Waals surface area (Å²) in [5.41, 5.74) is 4.24. The molecule has 1 aliphatic rings. The summed E-state index contributed by atoms with van der Waals surface area (Å²) in [6.07, 6.45) is 0. The van der Waals surface area contributed by atoms with Crippen molar-refractivity contribution in [1.82, 2.24) is 20.2 Å². The highest BCUT2D eigenvalue weighted by molar-refractivity contribution is 5.92. The lowest BCUT2D eigenvalue weighted by Crippen LogP contribution is -2.48. The fraction of sp³-hybridized carbons (Fsp3) is 0.400. The van der Waals surface area contributed by atoms with Gasteiger partial charge in [0, 0.05) is 31.9 Å². The standard InChI is InChI=1S/C15H19N5O/c1-10-11(2)18-14-9-12(3-4-13(14)17-10)19-15(21)20-7-5-16-6-8-20/h3-4,9,16H,5-8H2,1-2H3,(H,19,21). The average Bonchev–Trinajstić information content (AvgIpc) is 2.49. The van der Waals surface area contributed by atoms with E-state index in [1.54, 1.807) is 0 Å². The molecule has 0 atom stereocenters. The average molecular weight is 285 g/mol. The molecule has 0 spiro atoms. The van der Waals surface area contributed by atoms with Crippen LogP contribution in [0.2, 0.25) is 0 Å². The molecule has 0 aliphatic carbocycles. The second-order valence-electron chi connectivity index (χ2n) is 5.27. The van der Waals surface area contributed by atoms with Gasteiger partial charge in [0.15, 0.2) is 0 Å². The fourth-order valence-corrected chi connectivity index (χ4v) is 2.38. The van der Waals surface area contributed by atoms with Crippen molar-refractivity contribution in [2.75, 3.05) is 31.5 Å². The van der Waals surface area contributed by atoms with Crippen LogP contribution >= 0.6 is 0 Å². The van der Waals surface area contributed by atoms with E-state index in [4.69, 9.17) is 0 Å². The Kier molecular flexibility index (Phi) is 3.70. The molecule has 2 amide bonds. The van der Waals surface area contributed by atoms with Crippen LogP contribution in [0.4, 0.5) is 10.5 Å². The third-order valence-electron chi connectivity index (χ3n) is 3.73. The SMILES string of the molecule is Cc1nc2ccc(NC(=O)N3CCNCC3)cc2nc1C. The number of fused-ring (bicyclic) bond motifs is 1. The number of hydrogen-bond donors (Lipinski definition) is 2. The van der Waals surface area contributed by atoms with Crippen molar-refractivity contribution < 1.29 is 4.79 Å². The van der Waals surface area contributed by atoms with Gasteiger partial charge in [-0.3, -0.25) is 0 Å². The molecule has 3 rings (SSSR count). The van der Waals surface area contributed by atoms with E-state index in [1.807, 2.05) is 36.9 Å². The van der Waals surface area contributed by atoms with Crippen LogP contribution in [0.1, 0.15) is 11.4 Å². The predicted octanol–water partition coefficient (Wildman–Crippen LogP) is 1.68. The van der Waals surface area contributed by atoms with E-state index in [2.05, 4.69) is 20.6 Å². The molecule has 2 aromatic rings. The van der Waals surface area contributed by atoms with Gasteiger partial charge in [0.1, 0.15) is 0 Å². The largest absolute Gasteiger partial charge is 0.322 e. The Labute approximate surface area is 123 Å². The van der Waals surface area contributed by atoms with Gasteiger partial charge in [0.25, 0.3) is 0 Å². The van der Waals surface area contributed by atoms with Crippen LogP contribution in [0.5, 0.6) is 0 Å². The Hall–Kier alpha value is -2.21. The number of benzene rings is 1. The van der Waals surface area contributed by atoms with Gasteiger partial charge in [-0.1, -0.05) is 0 Å². The van der Waals surface area contributed by atoms with Crippen molar-refractivity contribution in [2.24, 2.45) is 0 Å². The summed E-state index contributed by atoms with van der Waals surface area (Å²) >= 11 is 0. The molecule has 1 aromatic carbocycles. The Balaban J connectivity index is 1.80. The topological polar surface area (TPSA) is 70.2 Å².